The molecule has 1 N–H and O–H groups in total. The van der Waals surface area contributed by atoms with Gasteiger partial charge in [-0.3, -0.25) is 14.9 Å². The van der Waals surface area contributed by atoms with Gasteiger partial charge in [-0.1, -0.05) is 30.3 Å². The Morgan fingerprint density at radius 3 is 2.18 bits per heavy atom. The van der Waals surface area contributed by atoms with E-state index in [1.54, 1.807) is 18.3 Å². The molecule has 0 unspecified atom stereocenters. The Hall–Kier alpha value is -4.59. The van der Waals surface area contributed by atoms with Crippen molar-refractivity contribution in [3.05, 3.63) is 107 Å². The van der Waals surface area contributed by atoms with Gasteiger partial charge in [-0.2, -0.15) is 0 Å². The van der Waals surface area contributed by atoms with Gasteiger partial charge in [0.2, 0.25) is 0 Å². The number of aromatic nitrogens is 1. The summed E-state index contributed by atoms with van der Waals surface area (Å²) in [5.41, 5.74) is 2.24. The lowest BCUT2D eigenvalue weighted by atomic mass is 10.1. The maximum atomic E-state index is 13.3. The Bertz CT molecular complexity index is 1470. The number of rotatable bonds is 4. The number of carbonyl (C=O) groups excluding carboxylic acids is 3. The first-order chi connectivity index (χ1) is 16.4. The van der Waals surface area contributed by atoms with Crippen molar-refractivity contribution in [1.29, 1.82) is 0 Å². The van der Waals surface area contributed by atoms with Crippen molar-refractivity contribution in [3.8, 4) is 0 Å². The summed E-state index contributed by atoms with van der Waals surface area (Å²) in [6, 6.07) is 17.5. The van der Waals surface area contributed by atoms with Gasteiger partial charge in [0, 0.05) is 29.2 Å². The number of para-hydroxylation sites is 1. The van der Waals surface area contributed by atoms with E-state index in [1.165, 1.54) is 30.3 Å². The van der Waals surface area contributed by atoms with E-state index >= 15 is 0 Å². The third kappa shape index (κ3) is 3.86. The molecule has 0 spiro atoms. The fraction of sp³-hybridized carbons (Fsp3) is 0.0385. The molecule has 2 heterocycles. The quantitative estimate of drug-likeness (QED) is 0.359. The molecule has 0 radical (unpaired) electrons. The molecule has 5 rings (SSSR count). The van der Waals surface area contributed by atoms with Gasteiger partial charge in [-0.25, -0.2) is 18.5 Å². The minimum Gasteiger partial charge on any atom is -0.342 e. The summed E-state index contributed by atoms with van der Waals surface area (Å²) < 4.78 is 28.5. The number of benzene rings is 3. The third-order valence-electron chi connectivity index (χ3n) is 5.57. The largest absolute Gasteiger partial charge is 0.342 e. The summed E-state index contributed by atoms with van der Waals surface area (Å²) in [7, 11) is 0. The standard InChI is InChI=1S/C26H17F2N3O3/c27-18-7-5-16(6-8-18)14-30-15-17(21-3-1-2-4-23(21)30)13-22-24(32)29-26(34)31(25(22)33)20-11-9-19(28)10-12-20/h1-13,15H,14H2,(H,29,32,34)/b22-13+. The molecule has 8 heteroatoms. The molecule has 4 aromatic rings. The molecule has 1 saturated heterocycles. The van der Waals surface area contributed by atoms with E-state index in [0.29, 0.717) is 12.1 Å². The maximum Gasteiger partial charge on any atom is 0.335 e. The van der Waals surface area contributed by atoms with Crippen LogP contribution in [0.25, 0.3) is 17.0 Å². The Balaban J connectivity index is 1.56. The Morgan fingerprint density at radius 2 is 1.47 bits per heavy atom. The summed E-state index contributed by atoms with van der Waals surface area (Å²) >= 11 is 0. The highest BCUT2D eigenvalue weighted by Crippen LogP contribution is 2.27. The number of carbonyl (C=O) groups is 3. The first-order valence-corrected chi connectivity index (χ1v) is 10.4. The van der Waals surface area contributed by atoms with E-state index in [9.17, 15) is 23.2 Å². The predicted molar refractivity (Wildman–Crippen MR) is 123 cm³/mol. The average molecular weight is 457 g/mol. The van der Waals surface area contributed by atoms with Crippen LogP contribution in [-0.2, 0) is 16.1 Å². The van der Waals surface area contributed by atoms with Gasteiger partial charge >= 0.3 is 6.03 Å². The van der Waals surface area contributed by atoms with Crippen LogP contribution in [0.4, 0.5) is 19.3 Å². The highest BCUT2D eigenvalue weighted by atomic mass is 19.1. The van der Waals surface area contributed by atoms with Crippen LogP contribution in [0.3, 0.4) is 0 Å². The van der Waals surface area contributed by atoms with Crippen molar-refractivity contribution in [2.45, 2.75) is 6.54 Å². The van der Waals surface area contributed by atoms with Gasteiger partial charge < -0.3 is 4.57 Å². The van der Waals surface area contributed by atoms with Gasteiger partial charge in [0.15, 0.2) is 0 Å². The number of hydrogen-bond acceptors (Lipinski definition) is 3. The van der Waals surface area contributed by atoms with Crippen molar-refractivity contribution in [1.82, 2.24) is 9.88 Å². The maximum absolute atomic E-state index is 13.3. The zero-order valence-electron chi connectivity index (χ0n) is 17.7. The number of barbiturate groups is 1. The van der Waals surface area contributed by atoms with Crippen molar-refractivity contribution in [3.63, 3.8) is 0 Å². The van der Waals surface area contributed by atoms with Crippen molar-refractivity contribution < 1.29 is 23.2 Å². The van der Waals surface area contributed by atoms with E-state index in [2.05, 4.69) is 5.32 Å². The van der Waals surface area contributed by atoms with Gasteiger partial charge in [0.05, 0.1) is 5.69 Å². The first-order valence-electron chi connectivity index (χ1n) is 10.4. The minimum absolute atomic E-state index is 0.140. The summed E-state index contributed by atoms with van der Waals surface area (Å²) in [4.78, 5) is 38.9. The number of amides is 4. The highest BCUT2D eigenvalue weighted by Gasteiger charge is 2.37. The van der Waals surface area contributed by atoms with Gasteiger partial charge in [0.25, 0.3) is 11.8 Å². The summed E-state index contributed by atoms with van der Waals surface area (Å²) in [5.74, 6) is -2.47. The number of imide groups is 2. The van der Waals surface area contributed by atoms with Gasteiger partial charge in [0.1, 0.15) is 17.2 Å². The molecule has 0 saturated carbocycles. The monoisotopic (exact) mass is 457 g/mol. The number of hydrogen-bond donors (Lipinski definition) is 1. The lowest BCUT2D eigenvalue weighted by Gasteiger charge is -2.26. The molecule has 4 amide bonds. The number of anilines is 1. The molecule has 0 bridgehead atoms. The molecule has 3 aromatic carbocycles. The number of urea groups is 1. The van der Waals surface area contributed by atoms with Crippen molar-refractivity contribution in [2.75, 3.05) is 4.90 Å². The number of halogens is 2. The number of nitrogens with zero attached hydrogens (tertiary/aromatic N) is 2. The van der Waals surface area contributed by atoms with Crippen molar-refractivity contribution in [2.24, 2.45) is 0 Å². The molecule has 34 heavy (non-hydrogen) atoms. The Kier molecular flexibility index (Phi) is 5.25. The van der Waals surface area contributed by atoms with Crippen LogP contribution < -0.4 is 10.2 Å². The Morgan fingerprint density at radius 1 is 0.824 bits per heavy atom. The van der Waals surface area contributed by atoms with Gasteiger partial charge in [-0.05, 0) is 54.1 Å². The van der Waals surface area contributed by atoms with Crippen LogP contribution in [0.5, 0.6) is 0 Å². The van der Waals surface area contributed by atoms with E-state index in [0.717, 1.165) is 33.5 Å². The second-order valence-electron chi connectivity index (χ2n) is 7.79. The lowest BCUT2D eigenvalue weighted by molar-refractivity contribution is -0.122. The molecule has 0 atom stereocenters. The molecule has 1 fully saturated rings. The average Bonchev–Trinajstić information content (AvgIpc) is 3.16. The molecule has 168 valence electrons. The van der Waals surface area contributed by atoms with E-state index in [4.69, 9.17) is 0 Å². The van der Waals surface area contributed by atoms with Crippen LogP contribution in [0, 0.1) is 11.6 Å². The lowest BCUT2D eigenvalue weighted by Crippen LogP contribution is -2.54. The summed E-state index contributed by atoms with van der Waals surface area (Å²) in [6.07, 6.45) is 3.23. The van der Waals surface area contributed by atoms with Crippen LogP contribution in [-0.4, -0.2) is 22.4 Å². The second-order valence-corrected chi connectivity index (χ2v) is 7.79. The molecule has 1 aliphatic heterocycles. The molecular weight excluding hydrogens is 440 g/mol. The second kappa shape index (κ2) is 8.40. The highest BCUT2D eigenvalue weighted by molar-refractivity contribution is 6.39. The van der Waals surface area contributed by atoms with Crippen LogP contribution in [0.1, 0.15) is 11.1 Å². The van der Waals surface area contributed by atoms with E-state index in [1.807, 2.05) is 28.8 Å². The summed E-state index contributed by atoms with van der Waals surface area (Å²) in [5, 5.41) is 2.96. The zero-order chi connectivity index (χ0) is 23.8. The first kappa shape index (κ1) is 21.3. The third-order valence-corrected chi connectivity index (χ3v) is 5.57. The molecule has 1 aromatic heterocycles. The van der Waals surface area contributed by atoms with Crippen LogP contribution >= 0.6 is 0 Å². The number of fused-ring (bicyclic) bond motifs is 1. The minimum atomic E-state index is -0.905. The van der Waals surface area contributed by atoms with E-state index in [-0.39, 0.29) is 17.1 Å². The van der Waals surface area contributed by atoms with Crippen LogP contribution in [0.2, 0.25) is 0 Å². The molecule has 1 aliphatic rings. The smallest absolute Gasteiger partial charge is 0.335 e. The van der Waals surface area contributed by atoms with Crippen LogP contribution in [0.15, 0.2) is 84.6 Å². The fourth-order valence-corrected chi connectivity index (χ4v) is 3.95. The topological polar surface area (TPSA) is 71.4 Å². The van der Waals surface area contributed by atoms with E-state index < -0.39 is 23.7 Å². The molecule has 0 aliphatic carbocycles. The fourth-order valence-electron chi connectivity index (χ4n) is 3.95. The van der Waals surface area contributed by atoms with Gasteiger partial charge in [-0.15, -0.1) is 0 Å². The normalized spacial score (nSPS) is 15.3. The predicted octanol–water partition coefficient (Wildman–Crippen LogP) is 4.63. The Labute approximate surface area is 192 Å². The summed E-state index contributed by atoms with van der Waals surface area (Å²) in [6.45, 7) is 0.449. The molecular formula is C26H17F2N3O3. The molecule has 6 nitrogen and oxygen atoms in total. The zero-order valence-corrected chi connectivity index (χ0v) is 17.7. The SMILES string of the molecule is O=C1NC(=O)N(c2ccc(F)cc2)C(=O)/C1=C/c1cn(Cc2ccc(F)cc2)c2ccccc12. The number of nitrogens with one attached hydrogen (secondary N) is 1. The van der Waals surface area contributed by atoms with Crippen molar-refractivity contribution >= 4 is 40.5 Å².